The van der Waals surface area contributed by atoms with Crippen LogP contribution in [0.4, 0.5) is 16.2 Å². The topological polar surface area (TPSA) is 53.6 Å². The number of carbonyl (C=O) groups excluding carboxylic acids is 1. The van der Waals surface area contributed by atoms with E-state index < -0.39 is 0 Å². The summed E-state index contributed by atoms with van der Waals surface area (Å²) in [4.78, 5) is 15.2. The number of rotatable bonds is 18. The molecule has 3 rings (SSSR count). The van der Waals surface area contributed by atoms with Crippen molar-refractivity contribution in [2.75, 3.05) is 23.1 Å². The van der Waals surface area contributed by atoms with Gasteiger partial charge in [-0.3, -0.25) is 0 Å². The first-order valence-electron chi connectivity index (χ1n) is 15.8. The van der Waals surface area contributed by atoms with Crippen molar-refractivity contribution in [3.8, 4) is 5.75 Å². The van der Waals surface area contributed by atoms with Gasteiger partial charge in [0.2, 0.25) is 0 Å². The molecule has 1 aliphatic heterocycles. The van der Waals surface area contributed by atoms with Gasteiger partial charge in [-0.1, -0.05) is 123 Å². The van der Waals surface area contributed by atoms with E-state index in [1.54, 1.807) is 11.8 Å². The van der Waals surface area contributed by atoms with E-state index in [9.17, 15) is 4.79 Å². The Morgan fingerprint density at radius 1 is 0.857 bits per heavy atom. The third-order valence-electron chi connectivity index (χ3n) is 7.52. The number of thioether (sulfide) groups is 1. The molecule has 0 saturated carbocycles. The molecule has 2 aromatic rings. The Labute approximate surface area is 270 Å². The quantitative estimate of drug-likeness (QED) is 0.156. The number of ether oxygens (including phenoxy) is 1. The zero-order chi connectivity index (χ0) is 29.3. The molecular weight excluding hydrogens is 606 g/mol. The Morgan fingerprint density at radius 3 is 2.05 bits per heavy atom. The maximum atomic E-state index is 12.9. The molecule has 0 aliphatic carbocycles. The van der Waals surface area contributed by atoms with Crippen molar-refractivity contribution in [3.05, 3.63) is 65.2 Å². The third kappa shape index (κ3) is 13.5. The van der Waals surface area contributed by atoms with Crippen LogP contribution >= 0.6 is 28.7 Å². The lowest BCUT2D eigenvalue weighted by Crippen LogP contribution is -2.21. The molecule has 0 atom stereocenters. The average molecular weight is 661 g/mol. The van der Waals surface area contributed by atoms with Crippen molar-refractivity contribution in [2.24, 2.45) is 0 Å². The summed E-state index contributed by atoms with van der Waals surface area (Å²) in [5.74, 6) is 1.77. The number of unbranched alkanes of at least 4 members (excludes halogenated alkanes) is 11. The highest BCUT2D eigenvalue weighted by molar-refractivity contribution is 8.93. The standard InChI is InChI=1S/C35H53N3O2S.BrH/c1-5-6-7-8-9-10-11-12-13-14-15-16-25-40-33-31(35(2,3)4)18-17-19-32(33)37-34(39)36-30-22-20-29(21-23-30)27-38-24-26-41-28-38;/h17-24,26H,5-16,25,27-28H2,1-4H3,(H2,36,37,39);1H. The number of urea groups is 1. The molecule has 42 heavy (non-hydrogen) atoms. The summed E-state index contributed by atoms with van der Waals surface area (Å²) in [5.41, 5.74) is 3.70. The molecule has 2 N–H and O–H groups in total. The van der Waals surface area contributed by atoms with Crippen molar-refractivity contribution in [1.82, 2.24) is 4.90 Å². The van der Waals surface area contributed by atoms with Gasteiger partial charge in [-0.15, -0.1) is 28.7 Å². The van der Waals surface area contributed by atoms with E-state index in [4.69, 9.17) is 4.74 Å². The minimum absolute atomic E-state index is 0. The van der Waals surface area contributed by atoms with Gasteiger partial charge >= 0.3 is 6.03 Å². The van der Waals surface area contributed by atoms with Gasteiger partial charge in [0.25, 0.3) is 0 Å². The van der Waals surface area contributed by atoms with Crippen LogP contribution in [0.2, 0.25) is 0 Å². The minimum Gasteiger partial charge on any atom is -0.491 e. The highest BCUT2D eigenvalue weighted by Gasteiger charge is 2.22. The highest BCUT2D eigenvalue weighted by atomic mass is 79.9. The molecule has 0 spiro atoms. The number of nitrogens with zero attached hydrogens (tertiary/aromatic N) is 1. The second kappa shape index (κ2) is 20.0. The number of halogens is 1. The fourth-order valence-corrected chi connectivity index (χ4v) is 5.83. The predicted octanol–water partition coefficient (Wildman–Crippen LogP) is 11.3. The number of para-hydroxylation sites is 1. The van der Waals surface area contributed by atoms with E-state index >= 15 is 0 Å². The van der Waals surface area contributed by atoms with E-state index in [0.717, 1.165) is 35.8 Å². The molecule has 7 heteroatoms. The van der Waals surface area contributed by atoms with Crippen molar-refractivity contribution >= 4 is 46.1 Å². The number of hydrogen-bond acceptors (Lipinski definition) is 4. The van der Waals surface area contributed by atoms with E-state index in [1.807, 2.05) is 24.3 Å². The molecule has 0 radical (unpaired) electrons. The number of nitrogens with one attached hydrogen (secondary N) is 2. The Morgan fingerprint density at radius 2 is 1.48 bits per heavy atom. The monoisotopic (exact) mass is 659 g/mol. The van der Waals surface area contributed by atoms with Gasteiger partial charge in [0.05, 0.1) is 18.2 Å². The van der Waals surface area contributed by atoms with E-state index in [1.165, 1.54) is 76.2 Å². The molecular formula is C35H54BrN3O2S. The fraction of sp³-hybridized carbons (Fsp3) is 0.571. The lowest BCUT2D eigenvalue weighted by atomic mass is 9.86. The Kier molecular flexibility index (Phi) is 17.1. The fourth-order valence-electron chi connectivity index (χ4n) is 5.12. The maximum Gasteiger partial charge on any atom is 0.323 e. The van der Waals surface area contributed by atoms with E-state index in [0.29, 0.717) is 12.3 Å². The Hall–Kier alpha value is -2.12. The number of anilines is 2. The van der Waals surface area contributed by atoms with Gasteiger partial charge in [0, 0.05) is 24.0 Å². The van der Waals surface area contributed by atoms with E-state index in [2.05, 4.69) is 73.0 Å². The summed E-state index contributed by atoms with van der Waals surface area (Å²) in [6.07, 6.45) is 17.9. The van der Waals surface area contributed by atoms with Crippen molar-refractivity contribution in [2.45, 2.75) is 117 Å². The van der Waals surface area contributed by atoms with Crippen LogP contribution in [0.3, 0.4) is 0 Å². The van der Waals surface area contributed by atoms with Gasteiger partial charge in [-0.25, -0.2) is 4.79 Å². The summed E-state index contributed by atoms with van der Waals surface area (Å²) >= 11 is 1.80. The summed E-state index contributed by atoms with van der Waals surface area (Å²) in [6.45, 7) is 10.4. The molecule has 0 aromatic heterocycles. The van der Waals surface area contributed by atoms with Crippen LogP contribution in [0.5, 0.6) is 5.75 Å². The number of carbonyl (C=O) groups is 1. The smallest absolute Gasteiger partial charge is 0.323 e. The molecule has 0 bridgehead atoms. The van der Waals surface area contributed by atoms with E-state index in [-0.39, 0.29) is 28.4 Å². The normalized spacial score (nSPS) is 12.7. The molecule has 2 amide bonds. The third-order valence-corrected chi connectivity index (χ3v) is 8.32. The first-order chi connectivity index (χ1) is 19.9. The number of benzene rings is 2. The second-order valence-electron chi connectivity index (χ2n) is 12.3. The molecule has 1 heterocycles. The zero-order valence-electron chi connectivity index (χ0n) is 26.4. The van der Waals surface area contributed by atoms with Crippen molar-refractivity contribution < 1.29 is 9.53 Å². The molecule has 234 valence electrons. The van der Waals surface area contributed by atoms with Gasteiger partial charge in [0.15, 0.2) is 0 Å². The second-order valence-corrected chi connectivity index (χ2v) is 13.1. The van der Waals surface area contributed by atoms with Crippen LogP contribution in [-0.4, -0.2) is 23.4 Å². The maximum absolute atomic E-state index is 12.9. The van der Waals surface area contributed by atoms with Crippen molar-refractivity contribution in [3.63, 3.8) is 0 Å². The molecule has 0 unspecified atom stereocenters. The van der Waals surface area contributed by atoms with Gasteiger partial charge in [-0.2, -0.15) is 0 Å². The van der Waals surface area contributed by atoms with Gasteiger partial charge in [-0.05, 0) is 41.0 Å². The molecule has 2 aromatic carbocycles. The zero-order valence-corrected chi connectivity index (χ0v) is 28.9. The first kappa shape index (κ1) is 36.1. The summed E-state index contributed by atoms with van der Waals surface area (Å²) in [5, 5.41) is 8.14. The molecule has 0 saturated heterocycles. The number of amides is 2. The minimum atomic E-state index is -0.266. The summed E-state index contributed by atoms with van der Waals surface area (Å²) in [6, 6.07) is 13.8. The molecule has 5 nitrogen and oxygen atoms in total. The molecule has 0 fully saturated rings. The van der Waals surface area contributed by atoms with Crippen LogP contribution in [0.1, 0.15) is 116 Å². The average Bonchev–Trinajstić information content (AvgIpc) is 3.45. The Bertz CT molecular complexity index is 1070. The molecule has 1 aliphatic rings. The van der Waals surface area contributed by atoms with Gasteiger partial charge < -0.3 is 20.3 Å². The number of hydrogen-bond donors (Lipinski definition) is 2. The van der Waals surface area contributed by atoms with Crippen LogP contribution in [-0.2, 0) is 12.0 Å². The summed E-state index contributed by atoms with van der Waals surface area (Å²) < 4.78 is 6.36. The Balaban J connectivity index is 0.00000616. The SMILES string of the molecule is Br.CCCCCCCCCCCCCCOc1c(NC(=O)Nc2ccc(CN3C=CSC3)cc2)cccc1C(C)(C)C. The lowest BCUT2D eigenvalue weighted by Gasteiger charge is -2.25. The highest BCUT2D eigenvalue weighted by Crippen LogP contribution is 2.37. The van der Waals surface area contributed by atoms with Gasteiger partial charge in [0.1, 0.15) is 5.75 Å². The largest absolute Gasteiger partial charge is 0.491 e. The first-order valence-corrected chi connectivity index (χ1v) is 16.9. The van der Waals surface area contributed by atoms with Crippen LogP contribution in [0.15, 0.2) is 54.1 Å². The lowest BCUT2D eigenvalue weighted by molar-refractivity contribution is 0.261. The summed E-state index contributed by atoms with van der Waals surface area (Å²) in [7, 11) is 0. The van der Waals surface area contributed by atoms with Crippen LogP contribution in [0, 0.1) is 0 Å². The van der Waals surface area contributed by atoms with Crippen LogP contribution < -0.4 is 15.4 Å². The van der Waals surface area contributed by atoms with Crippen molar-refractivity contribution in [1.29, 1.82) is 0 Å². The van der Waals surface area contributed by atoms with Crippen LogP contribution in [0.25, 0.3) is 0 Å². The predicted molar refractivity (Wildman–Crippen MR) is 188 cm³/mol.